The molecule has 2 heteroatoms. The Morgan fingerprint density at radius 3 is 2.24 bits per heavy atom. The molecule has 1 rings (SSSR count). The molecule has 0 saturated carbocycles. The van der Waals surface area contributed by atoms with Crippen molar-refractivity contribution in [2.75, 3.05) is 20.7 Å². The third kappa shape index (κ3) is 3.90. The van der Waals surface area contributed by atoms with E-state index in [0.29, 0.717) is 0 Å². The fourth-order valence-corrected chi connectivity index (χ4v) is 2.28. The highest BCUT2D eigenvalue weighted by atomic mass is 16.5. The lowest BCUT2D eigenvalue weighted by atomic mass is 10.1. The van der Waals surface area contributed by atoms with Gasteiger partial charge in [-0.1, -0.05) is 24.3 Å². The van der Waals surface area contributed by atoms with E-state index in [-0.39, 0.29) is 0 Å². The second-order valence-corrected chi connectivity index (χ2v) is 4.89. The highest BCUT2D eigenvalue weighted by molar-refractivity contribution is 5.43. The van der Waals surface area contributed by atoms with E-state index in [2.05, 4.69) is 51.4 Å². The van der Waals surface area contributed by atoms with Crippen molar-refractivity contribution in [3.63, 3.8) is 0 Å². The Hall–Kier alpha value is -1.28. The Morgan fingerprint density at radius 1 is 1.29 bits per heavy atom. The Kier molecular flexibility index (Phi) is 4.76. The lowest BCUT2D eigenvalue weighted by Crippen LogP contribution is -2.19. The van der Waals surface area contributed by atoms with Crippen molar-refractivity contribution in [1.82, 2.24) is 4.90 Å². The second-order valence-electron chi connectivity index (χ2n) is 4.89. The summed E-state index contributed by atoms with van der Waals surface area (Å²) in [4.78, 5) is 2.27. The van der Waals surface area contributed by atoms with Gasteiger partial charge in [-0.25, -0.2) is 0 Å². The molecule has 0 N–H and O–H groups in total. The van der Waals surface area contributed by atoms with Crippen LogP contribution in [0.5, 0.6) is 5.75 Å². The van der Waals surface area contributed by atoms with Crippen LogP contribution in [-0.2, 0) is 6.54 Å². The van der Waals surface area contributed by atoms with Gasteiger partial charge in [-0.3, -0.25) is 4.90 Å². The van der Waals surface area contributed by atoms with E-state index < -0.39 is 0 Å². The normalized spacial score (nSPS) is 10.7. The smallest absolute Gasteiger partial charge is 0.124 e. The van der Waals surface area contributed by atoms with Gasteiger partial charge in [0, 0.05) is 13.1 Å². The number of hydrogen-bond acceptors (Lipinski definition) is 2. The number of ether oxygens (including phenoxy) is 1. The molecular formula is C15H23NO. The van der Waals surface area contributed by atoms with Gasteiger partial charge in [-0.05, 0) is 44.5 Å². The zero-order chi connectivity index (χ0) is 13.0. The minimum absolute atomic E-state index is 0.935. The summed E-state index contributed by atoms with van der Waals surface area (Å²) in [6.45, 7) is 12.1. The number of aryl methyl sites for hydroxylation is 2. The van der Waals surface area contributed by atoms with Gasteiger partial charge >= 0.3 is 0 Å². The molecule has 0 radical (unpaired) electrons. The molecule has 94 valence electrons. The minimum atomic E-state index is 0.935. The number of benzene rings is 1. The van der Waals surface area contributed by atoms with Gasteiger partial charge in [-0.15, -0.1) is 0 Å². The molecule has 0 heterocycles. The first-order chi connectivity index (χ1) is 7.93. The van der Waals surface area contributed by atoms with Gasteiger partial charge in [0.1, 0.15) is 5.75 Å². The quantitative estimate of drug-likeness (QED) is 0.723. The summed E-state index contributed by atoms with van der Waals surface area (Å²) < 4.78 is 5.37. The number of likely N-dealkylation sites (N-methyl/N-ethyl adjacent to an activating group) is 1. The summed E-state index contributed by atoms with van der Waals surface area (Å²) in [5.74, 6) is 0.997. The lowest BCUT2D eigenvalue weighted by molar-refractivity contribution is 0.354. The van der Waals surface area contributed by atoms with Gasteiger partial charge in [0.15, 0.2) is 0 Å². The van der Waals surface area contributed by atoms with Gasteiger partial charge in [0.2, 0.25) is 0 Å². The maximum Gasteiger partial charge on any atom is 0.124 e. The van der Waals surface area contributed by atoms with Crippen LogP contribution in [-0.4, -0.2) is 25.6 Å². The molecule has 0 aliphatic heterocycles. The molecule has 2 nitrogen and oxygen atoms in total. The zero-order valence-electron chi connectivity index (χ0n) is 11.6. The molecule has 0 atom stereocenters. The van der Waals surface area contributed by atoms with Crippen LogP contribution in [0.2, 0.25) is 0 Å². The highest BCUT2D eigenvalue weighted by Crippen LogP contribution is 2.24. The van der Waals surface area contributed by atoms with Crippen molar-refractivity contribution in [2.24, 2.45) is 0 Å². The van der Waals surface area contributed by atoms with Crippen molar-refractivity contribution in [3.05, 3.63) is 41.0 Å². The average molecular weight is 233 g/mol. The maximum atomic E-state index is 5.37. The molecule has 17 heavy (non-hydrogen) atoms. The van der Waals surface area contributed by atoms with E-state index in [1.54, 1.807) is 7.11 Å². The number of hydrogen-bond donors (Lipinski definition) is 0. The lowest BCUT2D eigenvalue weighted by Gasteiger charge is -2.18. The fourth-order valence-electron chi connectivity index (χ4n) is 2.28. The monoisotopic (exact) mass is 233 g/mol. The Bertz CT molecular complexity index is 386. The van der Waals surface area contributed by atoms with Gasteiger partial charge in [0.05, 0.1) is 7.11 Å². The molecule has 0 spiro atoms. The van der Waals surface area contributed by atoms with E-state index in [1.165, 1.54) is 22.3 Å². The summed E-state index contributed by atoms with van der Waals surface area (Å²) in [5, 5.41) is 0. The molecule has 0 aliphatic carbocycles. The topological polar surface area (TPSA) is 12.5 Å². The average Bonchev–Trinajstić information content (AvgIpc) is 2.15. The third-order valence-electron chi connectivity index (χ3n) is 2.72. The van der Waals surface area contributed by atoms with Crippen LogP contribution in [0.3, 0.4) is 0 Å². The Morgan fingerprint density at radius 2 is 1.82 bits per heavy atom. The van der Waals surface area contributed by atoms with Crippen LogP contribution in [0.1, 0.15) is 23.6 Å². The highest BCUT2D eigenvalue weighted by Gasteiger charge is 2.07. The fraction of sp³-hybridized carbons (Fsp3) is 0.467. The summed E-state index contributed by atoms with van der Waals surface area (Å²) in [6, 6.07) is 4.39. The van der Waals surface area contributed by atoms with Gasteiger partial charge < -0.3 is 4.74 Å². The SMILES string of the molecule is C=C(C)CN(C)Cc1cc(C)c(OC)c(C)c1. The van der Waals surface area contributed by atoms with Crippen LogP contribution in [0, 0.1) is 13.8 Å². The third-order valence-corrected chi connectivity index (χ3v) is 2.72. The van der Waals surface area contributed by atoms with Crippen LogP contribution < -0.4 is 4.74 Å². The standard InChI is InChI=1S/C15H23NO/c1-11(2)9-16(5)10-14-7-12(3)15(17-6)13(4)8-14/h7-8H,1,9-10H2,2-6H3. The van der Waals surface area contributed by atoms with Crippen molar-refractivity contribution in [1.29, 1.82) is 0 Å². The van der Waals surface area contributed by atoms with Crippen molar-refractivity contribution in [2.45, 2.75) is 27.3 Å². The van der Waals surface area contributed by atoms with E-state index in [1.807, 2.05) is 0 Å². The molecule has 1 aromatic carbocycles. The van der Waals surface area contributed by atoms with Gasteiger partial charge in [-0.2, -0.15) is 0 Å². The molecule has 0 amide bonds. The van der Waals surface area contributed by atoms with E-state index in [4.69, 9.17) is 4.74 Å². The van der Waals surface area contributed by atoms with Crippen molar-refractivity contribution >= 4 is 0 Å². The summed E-state index contributed by atoms with van der Waals surface area (Å²) in [5.41, 5.74) is 4.91. The first kappa shape index (κ1) is 13.8. The van der Waals surface area contributed by atoms with Crippen molar-refractivity contribution < 1.29 is 4.74 Å². The largest absolute Gasteiger partial charge is 0.496 e. The Labute approximate surface area is 105 Å². The molecule has 0 bridgehead atoms. The van der Waals surface area contributed by atoms with Crippen LogP contribution in [0.4, 0.5) is 0 Å². The molecule has 0 aromatic heterocycles. The summed E-state index contributed by atoms with van der Waals surface area (Å²) >= 11 is 0. The van der Waals surface area contributed by atoms with Gasteiger partial charge in [0.25, 0.3) is 0 Å². The molecule has 0 saturated heterocycles. The maximum absolute atomic E-state index is 5.37. The molecular weight excluding hydrogens is 210 g/mol. The summed E-state index contributed by atoms with van der Waals surface area (Å²) in [7, 11) is 3.84. The molecule has 0 aliphatic rings. The number of nitrogens with zero attached hydrogens (tertiary/aromatic N) is 1. The molecule has 1 aromatic rings. The van der Waals surface area contributed by atoms with E-state index >= 15 is 0 Å². The predicted octanol–water partition coefficient (Wildman–Crippen LogP) is 3.32. The number of rotatable bonds is 5. The predicted molar refractivity (Wildman–Crippen MR) is 73.6 cm³/mol. The minimum Gasteiger partial charge on any atom is -0.496 e. The first-order valence-electron chi connectivity index (χ1n) is 5.91. The zero-order valence-corrected chi connectivity index (χ0v) is 11.6. The number of methoxy groups -OCH3 is 1. The molecule has 0 fully saturated rings. The van der Waals surface area contributed by atoms with E-state index in [9.17, 15) is 0 Å². The molecule has 0 unspecified atom stereocenters. The van der Waals surface area contributed by atoms with E-state index in [0.717, 1.165) is 18.8 Å². The summed E-state index contributed by atoms with van der Waals surface area (Å²) in [6.07, 6.45) is 0. The van der Waals surface area contributed by atoms with Crippen LogP contribution in [0.15, 0.2) is 24.3 Å². The van der Waals surface area contributed by atoms with Crippen LogP contribution >= 0.6 is 0 Å². The van der Waals surface area contributed by atoms with Crippen molar-refractivity contribution in [3.8, 4) is 5.75 Å². The van der Waals surface area contributed by atoms with Crippen LogP contribution in [0.25, 0.3) is 0 Å². The first-order valence-corrected chi connectivity index (χ1v) is 5.91. The second kappa shape index (κ2) is 5.87. The Balaban J connectivity index is 2.83.